The summed E-state index contributed by atoms with van der Waals surface area (Å²) in [5.74, 6) is -0.613. The number of anilines is 1. The topological polar surface area (TPSA) is 130 Å². The Morgan fingerprint density at radius 2 is 2.24 bits per heavy atom. The first kappa shape index (κ1) is 12.9. The zero-order valence-corrected chi connectivity index (χ0v) is 10.9. The van der Waals surface area contributed by atoms with E-state index in [9.17, 15) is 9.59 Å². The van der Waals surface area contributed by atoms with Gasteiger partial charge in [0.05, 0.1) is 18.1 Å². The number of rotatable bonds is 4. The molecule has 3 aromatic heterocycles. The Morgan fingerprint density at radius 1 is 1.38 bits per heavy atom. The van der Waals surface area contributed by atoms with Crippen molar-refractivity contribution in [3.63, 3.8) is 0 Å². The average molecular weight is 284 g/mol. The summed E-state index contributed by atoms with van der Waals surface area (Å²) in [6.45, 7) is 0. The number of nitrogens with zero attached hydrogens (tertiary/aromatic N) is 2. The van der Waals surface area contributed by atoms with Crippen LogP contribution in [-0.4, -0.2) is 32.0 Å². The van der Waals surface area contributed by atoms with E-state index in [1.165, 1.54) is 6.07 Å². The number of carbonyl (C=O) groups excluding carboxylic acids is 2. The third-order valence-electron chi connectivity index (χ3n) is 3.03. The fourth-order valence-corrected chi connectivity index (χ4v) is 2.05. The second-order valence-corrected chi connectivity index (χ2v) is 4.49. The lowest BCUT2D eigenvalue weighted by Gasteiger charge is -2.00. The van der Waals surface area contributed by atoms with Gasteiger partial charge in [0.15, 0.2) is 5.82 Å². The molecule has 0 aliphatic heterocycles. The summed E-state index contributed by atoms with van der Waals surface area (Å²) in [5.41, 5.74) is 6.97. The summed E-state index contributed by atoms with van der Waals surface area (Å²) in [6.07, 6.45) is 5.32. The van der Waals surface area contributed by atoms with Gasteiger partial charge < -0.3 is 16.0 Å². The molecule has 0 unspecified atom stereocenters. The number of H-pyrrole nitrogens is 2. The predicted octanol–water partition coefficient (Wildman–Crippen LogP) is 0.566. The summed E-state index contributed by atoms with van der Waals surface area (Å²) in [4.78, 5) is 30.0. The van der Waals surface area contributed by atoms with Crippen molar-refractivity contribution in [1.29, 1.82) is 0 Å². The summed E-state index contributed by atoms with van der Waals surface area (Å²) in [7, 11) is 0. The fraction of sp³-hybridized carbons (Fsp3) is 0.0769. The molecule has 2 amide bonds. The summed E-state index contributed by atoms with van der Waals surface area (Å²) in [6, 6.07) is 3.23. The fourth-order valence-electron chi connectivity index (χ4n) is 2.05. The SMILES string of the molecule is NC(=O)c1cc(NC(=O)Cc2c[nH]c3cnccc23)n[nH]1. The molecule has 8 nitrogen and oxygen atoms in total. The van der Waals surface area contributed by atoms with Gasteiger partial charge in [-0.3, -0.25) is 19.7 Å². The normalized spacial score (nSPS) is 10.7. The maximum absolute atomic E-state index is 12.0. The largest absolute Gasteiger partial charge is 0.364 e. The van der Waals surface area contributed by atoms with E-state index in [1.807, 2.05) is 6.07 Å². The van der Waals surface area contributed by atoms with Gasteiger partial charge in [-0.15, -0.1) is 0 Å². The van der Waals surface area contributed by atoms with Crippen LogP contribution in [-0.2, 0) is 11.2 Å². The van der Waals surface area contributed by atoms with Crippen LogP contribution in [0.15, 0.2) is 30.7 Å². The van der Waals surface area contributed by atoms with Crippen molar-refractivity contribution in [2.45, 2.75) is 6.42 Å². The molecule has 5 N–H and O–H groups in total. The van der Waals surface area contributed by atoms with Crippen LogP contribution in [0.4, 0.5) is 5.82 Å². The second kappa shape index (κ2) is 5.08. The van der Waals surface area contributed by atoms with Gasteiger partial charge in [-0.25, -0.2) is 0 Å². The number of aromatic amines is 2. The number of hydrogen-bond acceptors (Lipinski definition) is 4. The van der Waals surface area contributed by atoms with Crippen LogP contribution in [0.1, 0.15) is 16.1 Å². The van der Waals surface area contributed by atoms with Crippen molar-refractivity contribution in [1.82, 2.24) is 20.2 Å². The number of fused-ring (bicyclic) bond motifs is 1. The van der Waals surface area contributed by atoms with E-state index in [1.54, 1.807) is 18.6 Å². The average Bonchev–Trinajstić information content (AvgIpc) is 3.07. The van der Waals surface area contributed by atoms with Gasteiger partial charge in [-0.2, -0.15) is 5.10 Å². The molecular formula is C13H12N6O2. The third kappa shape index (κ3) is 2.59. The Hall–Kier alpha value is -3.16. The zero-order valence-electron chi connectivity index (χ0n) is 10.9. The molecule has 3 aromatic rings. The lowest BCUT2D eigenvalue weighted by atomic mass is 10.1. The molecule has 21 heavy (non-hydrogen) atoms. The molecule has 0 fully saturated rings. The zero-order chi connectivity index (χ0) is 14.8. The number of hydrogen-bond donors (Lipinski definition) is 4. The molecule has 0 saturated heterocycles. The Bertz CT molecular complexity index is 819. The summed E-state index contributed by atoms with van der Waals surface area (Å²) >= 11 is 0. The van der Waals surface area contributed by atoms with Crippen molar-refractivity contribution in [2.24, 2.45) is 5.73 Å². The number of pyridine rings is 1. The maximum atomic E-state index is 12.0. The molecule has 3 rings (SSSR count). The predicted molar refractivity (Wildman–Crippen MR) is 75.5 cm³/mol. The van der Waals surface area contributed by atoms with Crippen molar-refractivity contribution < 1.29 is 9.59 Å². The van der Waals surface area contributed by atoms with Gasteiger partial charge in [0.1, 0.15) is 5.69 Å². The quantitative estimate of drug-likeness (QED) is 0.558. The van der Waals surface area contributed by atoms with Gasteiger partial charge in [0, 0.05) is 23.8 Å². The first-order valence-corrected chi connectivity index (χ1v) is 6.18. The van der Waals surface area contributed by atoms with Gasteiger partial charge in [0.2, 0.25) is 5.91 Å². The smallest absolute Gasteiger partial charge is 0.266 e. The van der Waals surface area contributed by atoms with Crippen LogP contribution < -0.4 is 11.1 Å². The molecule has 0 spiro atoms. The summed E-state index contributed by atoms with van der Waals surface area (Å²) < 4.78 is 0. The molecule has 0 aliphatic rings. The highest BCUT2D eigenvalue weighted by Crippen LogP contribution is 2.17. The van der Waals surface area contributed by atoms with E-state index in [-0.39, 0.29) is 23.8 Å². The lowest BCUT2D eigenvalue weighted by molar-refractivity contribution is -0.115. The molecule has 0 bridgehead atoms. The number of carbonyl (C=O) groups is 2. The third-order valence-corrected chi connectivity index (χ3v) is 3.03. The van der Waals surface area contributed by atoms with Gasteiger partial charge in [-0.1, -0.05) is 0 Å². The van der Waals surface area contributed by atoms with E-state index >= 15 is 0 Å². The van der Waals surface area contributed by atoms with E-state index in [2.05, 4.69) is 25.5 Å². The number of primary amides is 1. The number of aromatic nitrogens is 4. The number of nitrogens with one attached hydrogen (secondary N) is 3. The number of amides is 2. The van der Waals surface area contributed by atoms with E-state index < -0.39 is 5.91 Å². The van der Waals surface area contributed by atoms with Crippen molar-refractivity contribution in [3.05, 3.63) is 42.0 Å². The van der Waals surface area contributed by atoms with Crippen LogP contribution in [0, 0.1) is 0 Å². The van der Waals surface area contributed by atoms with Crippen LogP contribution in [0.5, 0.6) is 0 Å². The Labute approximate surface area is 118 Å². The molecule has 0 radical (unpaired) electrons. The van der Waals surface area contributed by atoms with E-state index in [0.717, 1.165) is 16.5 Å². The van der Waals surface area contributed by atoms with Crippen molar-refractivity contribution >= 4 is 28.5 Å². The molecule has 106 valence electrons. The highest BCUT2D eigenvalue weighted by atomic mass is 16.2. The maximum Gasteiger partial charge on any atom is 0.266 e. The molecule has 8 heteroatoms. The Kier molecular flexibility index (Phi) is 3.11. The van der Waals surface area contributed by atoms with E-state index in [0.29, 0.717) is 0 Å². The Balaban J connectivity index is 1.72. The minimum absolute atomic E-state index is 0.142. The molecule has 0 atom stereocenters. The van der Waals surface area contributed by atoms with Gasteiger partial charge in [-0.05, 0) is 11.6 Å². The van der Waals surface area contributed by atoms with Crippen LogP contribution in [0.2, 0.25) is 0 Å². The number of nitrogens with two attached hydrogens (primary N) is 1. The van der Waals surface area contributed by atoms with Gasteiger partial charge >= 0.3 is 0 Å². The van der Waals surface area contributed by atoms with Crippen LogP contribution in [0.3, 0.4) is 0 Å². The first-order chi connectivity index (χ1) is 10.1. The van der Waals surface area contributed by atoms with Crippen LogP contribution >= 0.6 is 0 Å². The van der Waals surface area contributed by atoms with Crippen molar-refractivity contribution in [2.75, 3.05) is 5.32 Å². The van der Waals surface area contributed by atoms with Crippen molar-refractivity contribution in [3.8, 4) is 0 Å². The molecule has 3 heterocycles. The monoisotopic (exact) mass is 284 g/mol. The summed E-state index contributed by atoms with van der Waals surface area (Å²) in [5, 5.41) is 9.78. The highest BCUT2D eigenvalue weighted by Gasteiger charge is 2.11. The standard InChI is InChI=1S/C13H12N6O2/c14-13(21)9-4-11(19-18-9)17-12(20)3-7-5-16-10-6-15-2-1-8(7)10/h1-2,4-6,16H,3H2,(H2,14,21)(H2,17,18,19,20). The van der Waals surface area contributed by atoms with Crippen LogP contribution in [0.25, 0.3) is 10.9 Å². The second-order valence-electron chi connectivity index (χ2n) is 4.49. The highest BCUT2D eigenvalue weighted by molar-refractivity contribution is 5.96. The lowest BCUT2D eigenvalue weighted by Crippen LogP contribution is -2.14. The minimum atomic E-state index is -0.632. The van der Waals surface area contributed by atoms with E-state index in [4.69, 9.17) is 5.73 Å². The molecule has 0 aromatic carbocycles. The van der Waals surface area contributed by atoms with Gasteiger partial charge in [0.25, 0.3) is 5.91 Å². The Morgan fingerprint density at radius 3 is 3.00 bits per heavy atom. The minimum Gasteiger partial charge on any atom is -0.364 e. The molecule has 0 aliphatic carbocycles. The molecule has 0 saturated carbocycles. The molecular weight excluding hydrogens is 272 g/mol. The first-order valence-electron chi connectivity index (χ1n) is 6.18.